The molecule has 2 aromatic carbocycles. The van der Waals surface area contributed by atoms with Crippen LogP contribution >= 0.6 is 0 Å². The number of hydrogen-bond acceptors (Lipinski definition) is 9. The zero-order valence-electron chi connectivity index (χ0n) is 30.7. The van der Waals surface area contributed by atoms with Crippen LogP contribution in [0.15, 0.2) is 66.0 Å². The fourth-order valence-corrected chi connectivity index (χ4v) is 5.73. The van der Waals surface area contributed by atoms with Crippen molar-refractivity contribution in [2.24, 2.45) is 11.1 Å². The zero-order chi connectivity index (χ0) is 38.3. The molecule has 0 atom stereocenters. The van der Waals surface area contributed by atoms with Crippen LogP contribution in [-0.4, -0.2) is 128 Å². The number of carbonyl (C=O) groups is 4. The molecule has 0 bridgehead atoms. The Kier molecular flexibility index (Phi) is 16.2. The summed E-state index contributed by atoms with van der Waals surface area (Å²) in [7, 11) is -0.793. The third-order valence-corrected chi connectivity index (χ3v) is 9.30. The Labute approximate surface area is 306 Å². The third-order valence-electron chi connectivity index (χ3n) is 8.37. The molecule has 3 rings (SSSR count). The summed E-state index contributed by atoms with van der Waals surface area (Å²) in [4.78, 5) is 66.9. The number of imidazole rings is 1. The van der Waals surface area contributed by atoms with E-state index in [4.69, 9.17) is 9.88 Å². The lowest BCUT2D eigenvalue weighted by Gasteiger charge is -2.29. The van der Waals surface area contributed by atoms with Crippen LogP contribution in [0.5, 0.6) is 5.75 Å². The first-order valence-corrected chi connectivity index (χ1v) is 18.7. The third kappa shape index (κ3) is 13.7. The van der Waals surface area contributed by atoms with E-state index in [2.05, 4.69) is 15.3 Å². The molecular weight excluding hydrogens is 689 g/mol. The number of nitrogens with zero attached hydrogens (tertiary/aromatic N) is 5. The summed E-state index contributed by atoms with van der Waals surface area (Å²) in [6.45, 7) is 6.85. The predicted octanol–water partition coefficient (Wildman–Crippen LogP) is 1.26. The number of primary sulfonamides is 1. The van der Waals surface area contributed by atoms with E-state index in [-0.39, 0.29) is 62.4 Å². The molecule has 0 saturated heterocycles. The van der Waals surface area contributed by atoms with Crippen LogP contribution in [0.2, 0.25) is 0 Å². The van der Waals surface area contributed by atoms with Crippen molar-refractivity contribution in [3.63, 3.8) is 0 Å². The number of hydrogen-bond donors (Lipinski definition) is 3. The smallest absolute Gasteiger partial charge is 0.242 e. The van der Waals surface area contributed by atoms with E-state index >= 15 is 0 Å². The second-order valence-electron chi connectivity index (χ2n) is 12.9. The number of aromatic nitrogens is 2. The average molecular weight is 741 g/mol. The lowest BCUT2D eigenvalue weighted by Crippen LogP contribution is -2.50. The fraction of sp³-hybridized carbons (Fsp3) is 0.472. The Hall–Kier alpha value is -4.80. The maximum absolute atomic E-state index is 13.9. The van der Waals surface area contributed by atoms with Crippen LogP contribution in [-0.2, 0) is 48.6 Å². The van der Waals surface area contributed by atoms with Crippen molar-refractivity contribution in [3.05, 3.63) is 77.9 Å². The summed E-state index contributed by atoms with van der Waals surface area (Å²) in [6.07, 6.45) is 3.97. The van der Waals surface area contributed by atoms with Gasteiger partial charge in [-0.15, -0.1) is 0 Å². The van der Waals surface area contributed by atoms with Crippen molar-refractivity contribution in [3.8, 4) is 5.75 Å². The summed E-state index contributed by atoms with van der Waals surface area (Å²) >= 11 is 0. The minimum atomic E-state index is -3.88. The van der Waals surface area contributed by atoms with Gasteiger partial charge in [0, 0.05) is 45.8 Å². The highest BCUT2D eigenvalue weighted by atomic mass is 32.2. The number of amides is 4. The minimum Gasteiger partial charge on any atom is -0.497 e. The van der Waals surface area contributed by atoms with Gasteiger partial charge >= 0.3 is 0 Å². The Morgan fingerprint density at radius 1 is 0.846 bits per heavy atom. The molecule has 284 valence electrons. The predicted molar refractivity (Wildman–Crippen MR) is 196 cm³/mol. The van der Waals surface area contributed by atoms with Gasteiger partial charge in [0.2, 0.25) is 33.7 Å². The van der Waals surface area contributed by atoms with E-state index in [0.717, 1.165) is 11.3 Å². The molecule has 1 aromatic heterocycles. The van der Waals surface area contributed by atoms with E-state index < -0.39 is 21.8 Å². The fourth-order valence-electron chi connectivity index (χ4n) is 5.22. The number of rotatable bonds is 21. The molecule has 1 heterocycles. The molecule has 0 aliphatic rings. The molecule has 0 radical (unpaired) electrons. The number of ether oxygens (including phenoxy) is 1. The van der Waals surface area contributed by atoms with Crippen LogP contribution in [0, 0.1) is 5.92 Å². The number of nitrogens with one attached hydrogen (secondary N) is 2. The Morgan fingerprint density at radius 3 is 2.02 bits per heavy atom. The lowest BCUT2D eigenvalue weighted by atomic mass is 10.1. The normalized spacial score (nSPS) is 11.3. The Balaban J connectivity index is 1.75. The van der Waals surface area contributed by atoms with Crippen molar-refractivity contribution < 1.29 is 32.3 Å². The number of benzene rings is 2. The summed E-state index contributed by atoms with van der Waals surface area (Å²) in [5, 5.41) is 8.37. The number of carbonyl (C=O) groups excluding carboxylic acids is 4. The maximum atomic E-state index is 13.9. The van der Waals surface area contributed by atoms with Crippen LogP contribution in [0.4, 0.5) is 0 Å². The highest BCUT2D eigenvalue weighted by Gasteiger charge is 2.26. The number of aromatic amines is 1. The molecule has 15 nitrogen and oxygen atoms in total. The van der Waals surface area contributed by atoms with E-state index in [1.807, 2.05) is 45.0 Å². The quantitative estimate of drug-likeness (QED) is 0.144. The Morgan fingerprint density at radius 2 is 1.44 bits per heavy atom. The molecule has 4 amide bonds. The first kappa shape index (κ1) is 41.6. The second-order valence-corrected chi connectivity index (χ2v) is 14.5. The van der Waals surface area contributed by atoms with E-state index in [1.54, 1.807) is 36.7 Å². The highest BCUT2D eigenvalue weighted by molar-refractivity contribution is 7.89. The van der Waals surface area contributed by atoms with Gasteiger partial charge in [-0.3, -0.25) is 19.2 Å². The number of H-pyrrole nitrogens is 1. The van der Waals surface area contributed by atoms with E-state index in [0.29, 0.717) is 43.3 Å². The largest absolute Gasteiger partial charge is 0.497 e. The summed E-state index contributed by atoms with van der Waals surface area (Å²) < 4.78 is 28.7. The van der Waals surface area contributed by atoms with Crippen molar-refractivity contribution in [1.82, 2.24) is 34.9 Å². The van der Waals surface area contributed by atoms with Gasteiger partial charge in [-0.1, -0.05) is 38.1 Å². The molecule has 52 heavy (non-hydrogen) atoms. The zero-order valence-corrected chi connectivity index (χ0v) is 31.5. The van der Waals surface area contributed by atoms with Crippen LogP contribution in [0.3, 0.4) is 0 Å². The lowest BCUT2D eigenvalue weighted by molar-refractivity contribution is -0.145. The van der Waals surface area contributed by atoms with Gasteiger partial charge in [0.05, 0.1) is 50.2 Å². The summed E-state index contributed by atoms with van der Waals surface area (Å²) in [5.41, 5.74) is 2.35. The van der Waals surface area contributed by atoms with E-state index in [9.17, 15) is 27.6 Å². The minimum absolute atomic E-state index is 0.0384. The van der Waals surface area contributed by atoms with Gasteiger partial charge < -0.3 is 34.6 Å². The van der Waals surface area contributed by atoms with Crippen molar-refractivity contribution in [2.45, 2.75) is 45.1 Å². The first-order chi connectivity index (χ1) is 24.7. The standard InChI is InChI=1S/C36H52N8O7S/c1-6-42(22-29-7-11-31(51-5)12-8-29)35(47)23-41(4)34(46)24-44(17-15-28-9-13-32(14-10-28)52(37,49)50)36(48)25-43(18-16-30-20-39-26-40-30)33(45)21-38-19-27(2)3/h7-14,20,26-27,38H,6,15-19,21-25H2,1-5H3,(H,39,40)(H2,37,49,50). The molecule has 0 spiro atoms. The van der Waals surface area contributed by atoms with E-state index in [1.165, 1.54) is 33.9 Å². The SMILES string of the molecule is CCN(Cc1ccc(OC)cc1)C(=O)CN(C)C(=O)CN(CCc1ccc(S(N)(=O)=O)cc1)C(=O)CN(CCc1c[nH]cn1)C(=O)CNCC(C)C. The van der Waals surface area contributed by atoms with Crippen LogP contribution in [0.25, 0.3) is 0 Å². The van der Waals surface area contributed by atoms with Crippen molar-refractivity contribution >= 4 is 33.7 Å². The number of sulfonamides is 1. The summed E-state index contributed by atoms with van der Waals surface area (Å²) in [6, 6.07) is 13.3. The van der Waals surface area contributed by atoms with Crippen molar-refractivity contribution in [1.29, 1.82) is 0 Å². The van der Waals surface area contributed by atoms with Gasteiger partial charge in [0.15, 0.2) is 0 Å². The molecule has 0 aliphatic heterocycles. The molecule has 0 unspecified atom stereocenters. The number of methoxy groups -OCH3 is 1. The molecule has 0 aliphatic carbocycles. The molecule has 4 N–H and O–H groups in total. The van der Waals surface area contributed by atoms with Gasteiger partial charge in [-0.05, 0) is 61.2 Å². The summed E-state index contributed by atoms with van der Waals surface area (Å²) in [5.74, 6) is -0.415. The molecule has 0 fully saturated rings. The molecular formula is C36H52N8O7S. The van der Waals surface area contributed by atoms with Gasteiger partial charge in [-0.2, -0.15) is 0 Å². The Bertz CT molecular complexity index is 1700. The van der Waals surface area contributed by atoms with Gasteiger partial charge in [0.1, 0.15) is 5.75 Å². The van der Waals surface area contributed by atoms with Gasteiger partial charge in [-0.25, -0.2) is 18.5 Å². The molecule has 3 aromatic rings. The monoisotopic (exact) mass is 740 g/mol. The topological polar surface area (TPSA) is 191 Å². The van der Waals surface area contributed by atoms with Crippen LogP contribution in [0.1, 0.15) is 37.6 Å². The maximum Gasteiger partial charge on any atom is 0.242 e. The average Bonchev–Trinajstić information content (AvgIpc) is 3.64. The van der Waals surface area contributed by atoms with Crippen LogP contribution < -0.4 is 15.2 Å². The second kappa shape index (κ2) is 20.3. The molecule has 0 saturated carbocycles. The number of likely N-dealkylation sites (N-methyl/N-ethyl adjacent to an activating group) is 2. The van der Waals surface area contributed by atoms with Gasteiger partial charge in [0.25, 0.3) is 0 Å². The molecule has 16 heteroatoms. The number of nitrogens with two attached hydrogens (primary N) is 1. The van der Waals surface area contributed by atoms with Crippen molar-refractivity contribution in [2.75, 3.05) is 66.5 Å². The first-order valence-electron chi connectivity index (χ1n) is 17.2. The highest BCUT2D eigenvalue weighted by Crippen LogP contribution is 2.14.